The largest absolute Gasteiger partial charge is 0.467 e. The van der Waals surface area contributed by atoms with Crippen LogP contribution in [0.5, 0.6) is 0 Å². The number of hydrogen-bond donors (Lipinski definition) is 0. The average molecular weight is 425 g/mol. The zero-order valence-corrected chi connectivity index (χ0v) is 17.7. The maximum absolute atomic E-state index is 14.1. The van der Waals surface area contributed by atoms with Crippen LogP contribution in [-0.4, -0.2) is 30.9 Å². The number of hydrogen-bond acceptors (Lipinski definition) is 5. The Balaban J connectivity index is 1.49. The molecule has 6 nitrogen and oxygen atoms in total. The molecule has 0 unspecified atom stereocenters. The summed E-state index contributed by atoms with van der Waals surface area (Å²) in [5, 5.41) is 8.80. The van der Waals surface area contributed by atoms with E-state index in [9.17, 15) is 9.18 Å². The monoisotopic (exact) mass is 424 g/mol. The normalized spacial score (nSPS) is 11.2. The molecule has 0 aliphatic rings. The van der Waals surface area contributed by atoms with Crippen molar-refractivity contribution in [3.8, 4) is 11.4 Å². The number of carbonyl (C=O) groups excluding carboxylic acids is 1. The molecule has 0 saturated carbocycles. The number of ketones is 1. The van der Waals surface area contributed by atoms with Crippen LogP contribution in [0.4, 0.5) is 4.39 Å². The summed E-state index contributed by atoms with van der Waals surface area (Å²) in [4.78, 5) is 12.9. The Morgan fingerprint density at radius 1 is 1.17 bits per heavy atom. The van der Waals surface area contributed by atoms with E-state index in [0.29, 0.717) is 28.7 Å². The molecule has 0 aliphatic heterocycles. The standard InChI is InChI=1S/C22H21FN4O2S/c1-14-11-18(15(2)27(14)12-16-7-6-10-29-16)20(28)13-30-22-25-24-21(26(22)3)17-8-4-5-9-19(17)23/h4-11H,12-13H2,1-3H3. The molecule has 3 aromatic heterocycles. The van der Waals surface area contributed by atoms with E-state index in [0.717, 1.165) is 17.1 Å². The fourth-order valence-electron chi connectivity index (χ4n) is 3.41. The second kappa shape index (κ2) is 8.31. The molecule has 1 aromatic carbocycles. The number of halogens is 1. The minimum absolute atomic E-state index is 0.00855. The highest BCUT2D eigenvalue weighted by Gasteiger charge is 2.19. The average Bonchev–Trinajstić information content (AvgIpc) is 3.44. The van der Waals surface area contributed by atoms with Crippen molar-refractivity contribution in [2.45, 2.75) is 25.5 Å². The topological polar surface area (TPSA) is 65.8 Å². The zero-order chi connectivity index (χ0) is 21.3. The Hall–Kier alpha value is -3.13. The lowest BCUT2D eigenvalue weighted by Gasteiger charge is -2.08. The van der Waals surface area contributed by atoms with Crippen LogP contribution in [0.1, 0.15) is 27.5 Å². The number of benzene rings is 1. The maximum Gasteiger partial charge on any atom is 0.191 e. The van der Waals surface area contributed by atoms with Gasteiger partial charge in [-0.25, -0.2) is 4.39 Å². The number of nitrogens with zero attached hydrogens (tertiary/aromatic N) is 4. The summed E-state index contributed by atoms with van der Waals surface area (Å²) in [7, 11) is 1.77. The lowest BCUT2D eigenvalue weighted by molar-refractivity contribution is 0.102. The van der Waals surface area contributed by atoms with Gasteiger partial charge in [0, 0.05) is 24.0 Å². The van der Waals surface area contributed by atoms with Crippen LogP contribution in [0.15, 0.2) is 58.3 Å². The summed E-state index contributed by atoms with van der Waals surface area (Å²) >= 11 is 1.29. The van der Waals surface area contributed by atoms with Crippen LogP contribution in [-0.2, 0) is 13.6 Å². The Labute approximate surface area is 177 Å². The van der Waals surface area contributed by atoms with E-state index in [1.807, 2.05) is 32.0 Å². The summed E-state index contributed by atoms with van der Waals surface area (Å²) in [6.45, 7) is 4.50. The molecule has 0 spiro atoms. The molecule has 0 aliphatic carbocycles. The highest BCUT2D eigenvalue weighted by atomic mass is 32.2. The molecule has 4 rings (SSSR count). The molecular weight excluding hydrogens is 403 g/mol. The molecule has 8 heteroatoms. The number of furan rings is 1. The molecular formula is C22H21FN4O2S. The zero-order valence-electron chi connectivity index (χ0n) is 16.9. The minimum Gasteiger partial charge on any atom is -0.467 e. The van der Waals surface area contributed by atoms with E-state index in [1.165, 1.54) is 17.8 Å². The fourth-order valence-corrected chi connectivity index (χ4v) is 4.21. The van der Waals surface area contributed by atoms with E-state index in [1.54, 1.807) is 36.1 Å². The molecule has 30 heavy (non-hydrogen) atoms. The molecule has 154 valence electrons. The summed E-state index contributed by atoms with van der Waals surface area (Å²) in [6.07, 6.45) is 1.64. The number of rotatable bonds is 7. The van der Waals surface area contributed by atoms with Gasteiger partial charge in [0.2, 0.25) is 0 Å². The summed E-state index contributed by atoms with van der Waals surface area (Å²) in [5.41, 5.74) is 2.97. The van der Waals surface area contributed by atoms with E-state index in [4.69, 9.17) is 4.42 Å². The van der Waals surface area contributed by atoms with E-state index in [-0.39, 0.29) is 17.4 Å². The van der Waals surface area contributed by atoms with Crippen molar-refractivity contribution in [1.29, 1.82) is 0 Å². The van der Waals surface area contributed by atoms with Crippen molar-refractivity contribution in [3.63, 3.8) is 0 Å². The smallest absolute Gasteiger partial charge is 0.191 e. The fraction of sp³-hybridized carbons (Fsp3) is 0.227. The molecule has 3 heterocycles. The molecule has 0 saturated heterocycles. The van der Waals surface area contributed by atoms with E-state index in [2.05, 4.69) is 14.8 Å². The van der Waals surface area contributed by atoms with Gasteiger partial charge in [-0.3, -0.25) is 4.79 Å². The molecule has 0 fully saturated rings. The van der Waals surface area contributed by atoms with Crippen molar-refractivity contribution in [2.75, 3.05) is 5.75 Å². The van der Waals surface area contributed by atoms with Crippen LogP contribution in [0.2, 0.25) is 0 Å². The highest BCUT2D eigenvalue weighted by Crippen LogP contribution is 2.26. The van der Waals surface area contributed by atoms with Crippen molar-refractivity contribution in [3.05, 3.63) is 77.3 Å². The Bertz CT molecular complexity index is 1190. The molecule has 4 aromatic rings. The van der Waals surface area contributed by atoms with Gasteiger partial charge < -0.3 is 13.6 Å². The first-order chi connectivity index (χ1) is 14.5. The maximum atomic E-state index is 14.1. The molecule has 0 amide bonds. The van der Waals surface area contributed by atoms with Crippen LogP contribution in [0, 0.1) is 19.7 Å². The second-order valence-electron chi connectivity index (χ2n) is 7.01. The predicted octanol–water partition coefficient (Wildman–Crippen LogP) is 4.66. The second-order valence-corrected chi connectivity index (χ2v) is 7.95. The lowest BCUT2D eigenvalue weighted by Crippen LogP contribution is -2.08. The first-order valence-electron chi connectivity index (χ1n) is 9.45. The van der Waals surface area contributed by atoms with Gasteiger partial charge in [-0.15, -0.1) is 10.2 Å². The van der Waals surface area contributed by atoms with Crippen molar-refractivity contribution in [2.24, 2.45) is 7.05 Å². The Morgan fingerprint density at radius 2 is 1.97 bits per heavy atom. The highest BCUT2D eigenvalue weighted by molar-refractivity contribution is 7.99. The van der Waals surface area contributed by atoms with Crippen LogP contribution in [0.25, 0.3) is 11.4 Å². The summed E-state index contributed by atoms with van der Waals surface area (Å²) in [5.74, 6) is 1.14. The predicted molar refractivity (Wildman–Crippen MR) is 113 cm³/mol. The van der Waals surface area contributed by atoms with E-state index >= 15 is 0 Å². The van der Waals surface area contributed by atoms with Crippen LogP contribution in [0.3, 0.4) is 0 Å². The Kier molecular flexibility index (Phi) is 5.59. The van der Waals surface area contributed by atoms with Gasteiger partial charge in [0.1, 0.15) is 11.6 Å². The summed E-state index contributed by atoms with van der Waals surface area (Å²) in [6, 6.07) is 12.1. The van der Waals surface area contributed by atoms with Gasteiger partial charge in [0.05, 0.1) is 24.1 Å². The van der Waals surface area contributed by atoms with Gasteiger partial charge >= 0.3 is 0 Å². The Morgan fingerprint density at radius 3 is 2.70 bits per heavy atom. The quantitative estimate of drug-likeness (QED) is 0.319. The van der Waals surface area contributed by atoms with E-state index < -0.39 is 0 Å². The van der Waals surface area contributed by atoms with Gasteiger partial charge in [0.15, 0.2) is 16.8 Å². The summed E-state index contributed by atoms with van der Waals surface area (Å²) < 4.78 is 23.3. The van der Waals surface area contributed by atoms with Crippen LogP contribution < -0.4 is 0 Å². The van der Waals surface area contributed by atoms with Crippen molar-refractivity contribution < 1.29 is 13.6 Å². The van der Waals surface area contributed by atoms with Gasteiger partial charge in [0.25, 0.3) is 0 Å². The number of aromatic nitrogens is 4. The first-order valence-corrected chi connectivity index (χ1v) is 10.4. The van der Waals surface area contributed by atoms with Crippen LogP contribution >= 0.6 is 11.8 Å². The minimum atomic E-state index is -0.357. The molecule has 0 N–H and O–H groups in total. The first kappa shape index (κ1) is 20.2. The van der Waals surface area contributed by atoms with Crippen molar-refractivity contribution >= 4 is 17.5 Å². The number of thioether (sulfide) groups is 1. The number of carbonyl (C=O) groups is 1. The number of aryl methyl sites for hydroxylation is 1. The molecule has 0 bridgehead atoms. The molecule has 0 atom stereocenters. The third-order valence-electron chi connectivity index (χ3n) is 5.05. The van der Waals surface area contributed by atoms with Crippen molar-refractivity contribution in [1.82, 2.24) is 19.3 Å². The third kappa shape index (κ3) is 3.82. The SMILES string of the molecule is Cc1cc(C(=O)CSc2nnc(-c3ccccc3F)n2C)c(C)n1Cc1ccco1. The lowest BCUT2D eigenvalue weighted by atomic mass is 10.2. The van der Waals surface area contributed by atoms with Gasteiger partial charge in [-0.2, -0.15) is 0 Å². The van der Waals surface area contributed by atoms with Gasteiger partial charge in [-0.1, -0.05) is 23.9 Å². The number of Topliss-reactive ketones (excluding diaryl/α,β-unsaturated/α-hetero) is 1. The van der Waals surface area contributed by atoms with Gasteiger partial charge in [-0.05, 0) is 44.2 Å². The third-order valence-corrected chi connectivity index (χ3v) is 6.07. The molecule has 0 radical (unpaired) electrons.